The molecular formula is C23H33N3O3. The van der Waals surface area contributed by atoms with E-state index in [1.54, 1.807) is 0 Å². The Hall–Kier alpha value is -2.34. The fourth-order valence-corrected chi connectivity index (χ4v) is 4.34. The lowest BCUT2D eigenvalue weighted by Crippen LogP contribution is -2.70. The second-order valence-electron chi connectivity index (χ2n) is 8.39. The monoisotopic (exact) mass is 399 g/mol. The number of carbonyl (C=O) groups is 2. The number of nitrogens with zero attached hydrogens (tertiary/aromatic N) is 1. The van der Waals surface area contributed by atoms with Crippen LogP contribution in [0.3, 0.4) is 0 Å². The zero-order valence-corrected chi connectivity index (χ0v) is 17.6. The van der Waals surface area contributed by atoms with Crippen molar-refractivity contribution in [1.82, 2.24) is 15.5 Å². The van der Waals surface area contributed by atoms with E-state index in [-0.39, 0.29) is 48.5 Å². The van der Waals surface area contributed by atoms with Crippen LogP contribution in [0.2, 0.25) is 0 Å². The summed E-state index contributed by atoms with van der Waals surface area (Å²) in [7, 11) is 0. The standard InChI is InChI=1S/C23H33N3O3/c1-4-6-16-9-11-17(12-10-16)21-19(13-24-23(29)25-15(2)3)26(20(21)14-27)22(28)18-7-5-8-18/h4,6,9-12,15,18-21,27H,5,7-8,13-14H2,1-3H3,(H2,24,25,29)/b6-4+/t19-,20+,21+/m1/s1. The van der Waals surface area contributed by atoms with E-state index in [1.165, 1.54) is 0 Å². The summed E-state index contributed by atoms with van der Waals surface area (Å²) in [5.74, 6) is 0.185. The molecule has 2 fully saturated rings. The van der Waals surface area contributed by atoms with Gasteiger partial charge in [0, 0.05) is 24.4 Å². The van der Waals surface area contributed by atoms with E-state index in [4.69, 9.17) is 0 Å². The van der Waals surface area contributed by atoms with Gasteiger partial charge in [-0.05, 0) is 44.7 Å². The lowest BCUT2D eigenvalue weighted by atomic mass is 9.72. The number of nitrogens with one attached hydrogen (secondary N) is 2. The van der Waals surface area contributed by atoms with Gasteiger partial charge in [-0.15, -0.1) is 0 Å². The van der Waals surface area contributed by atoms with Gasteiger partial charge in [-0.25, -0.2) is 4.79 Å². The Morgan fingerprint density at radius 3 is 2.41 bits per heavy atom. The predicted molar refractivity (Wildman–Crippen MR) is 114 cm³/mol. The van der Waals surface area contributed by atoms with E-state index in [0.29, 0.717) is 6.54 Å². The minimum Gasteiger partial charge on any atom is -0.394 e. The van der Waals surface area contributed by atoms with Crippen LogP contribution in [0.5, 0.6) is 0 Å². The van der Waals surface area contributed by atoms with Crippen molar-refractivity contribution in [3.8, 4) is 0 Å². The van der Waals surface area contributed by atoms with E-state index in [1.807, 2.05) is 37.8 Å². The number of urea groups is 1. The van der Waals surface area contributed by atoms with Crippen molar-refractivity contribution >= 4 is 18.0 Å². The van der Waals surface area contributed by atoms with Gasteiger partial charge in [0.2, 0.25) is 5.91 Å². The van der Waals surface area contributed by atoms with E-state index >= 15 is 0 Å². The molecule has 3 N–H and O–H groups in total. The first kappa shape index (κ1) is 21.4. The molecule has 0 bridgehead atoms. The SMILES string of the molecule is C/C=C/c1ccc([C@H]2[C@@H](CNC(=O)NC(C)C)N(C(=O)C3CCC3)[C@H]2CO)cc1. The van der Waals surface area contributed by atoms with Gasteiger partial charge in [0.05, 0.1) is 18.7 Å². The molecule has 3 rings (SSSR count). The lowest BCUT2D eigenvalue weighted by Gasteiger charge is -2.56. The number of aliphatic hydroxyl groups excluding tert-OH is 1. The average molecular weight is 400 g/mol. The molecule has 1 aliphatic carbocycles. The van der Waals surface area contributed by atoms with Crippen molar-refractivity contribution in [2.45, 2.75) is 64.1 Å². The number of amides is 3. The summed E-state index contributed by atoms with van der Waals surface area (Å²) in [6.45, 7) is 6.09. The van der Waals surface area contributed by atoms with Crippen LogP contribution in [-0.4, -0.2) is 53.2 Å². The second kappa shape index (κ2) is 9.44. The zero-order valence-electron chi connectivity index (χ0n) is 17.6. The molecule has 1 aliphatic heterocycles. The molecule has 1 saturated heterocycles. The Bertz CT molecular complexity index is 740. The van der Waals surface area contributed by atoms with Crippen molar-refractivity contribution < 1.29 is 14.7 Å². The smallest absolute Gasteiger partial charge is 0.315 e. The molecule has 1 aromatic rings. The van der Waals surface area contributed by atoms with Crippen LogP contribution < -0.4 is 10.6 Å². The molecule has 3 atom stereocenters. The third kappa shape index (κ3) is 4.64. The van der Waals surface area contributed by atoms with Gasteiger partial charge in [0.1, 0.15) is 0 Å². The summed E-state index contributed by atoms with van der Waals surface area (Å²) < 4.78 is 0. The zero-order chi connectivity index (χ0) is 21.0. The third-order valence-corrected chi connectivity index (χ3v) is 6.01. The first-order chi connectivity index (χ1) is 14.0. The Labute approximate surface area is 173 Å². The molecule has 1 aromatic carbocycles. The number of hydrogen-bond donors (Lipinski definition) is 3. The molecule has 6 heteroatoms. The Balaban J connectivity index is 1.79. The fraction of sp³-hybridized carbons (Fsp3) is 0.565. The summed E-state index contributed by atoms with van der Waals surface area (Å²) in [4.78, 5) is 26.9. The first-order valence-electron chi connectivity index (χ1n) is 10.7. The predicted octanol–water partition coefficient (Wildman–Crippen LogP) is 2.88. The number of hydrogen-bond acceptors (Lipinski definition) is 3. The number of likely N-dealkylation sites (tertiary alicyclic amines) is 1. The van der Waals surface area contributed by atoms with Crippen LogP contribution in [0.4, 0.5) is 4.79 Å². The highest BCUT2D eigenvalue weighted by Gasteiger charge is 2.52. The van der Waals surface area contributed by atoms with Gasteiger partial charge in [-0.3, -0.25) is 4.79 Å². The van der Waals surface area contributed by atoms with Crippen LogP contribution in [-0.2, 0) is 4.79 Å². The van der Waals surface area contributed by atoms with Crippen molar-refractivity contribution in [2.24, 2.45) is 5.92 Å². The number of aliphatic hydroxyl groups is 1. The maximum absolute atomic E-state index is 13.0. The van der Waals surface area contributed by atoms with Crippen LogP contribution in [0, 0.1) is 5.92 Å². The summed E-state index contributed by atoms with van der Waals surface area (Å²) in [5.41, 5.74) is 2.20. The average Bonchev–Trinajstić information content (AvgIpc) is 2.60. The third-order valence-electron chi connectivity index (χ3n) is 6.01. The molecular weight excluding hydrogens is 366 g/mol. The van der Waals surface area contributed by atoms with Crippen molar-refractivity contribution in [2.75, 3.05) is 13.2 Å². The van der Waals surface area contributed by atoms with E-state index in [0.717, 1.165) is 30.4 Å². The van der Waals surface area contributed by atoms with Gasteiger partial charge in [-0.2, -0.15) is 0 Å². The van der Waals surface area contributed by atoms with E-state index in [9.17, 15) is 14.7 Å². The topological polar surface area (TPSA) is 81.7 Å². The van der Waals surface area contributed by atoms with Crippen molar-refractivity contribution in [1.29, 1.82) is 0 Å². The van der Waals surface area contributed by atoms with Gasteiger partial charge >= 0.3 is 6.03 Å². The van der Waals surface area contributed by atoms with Gasteiger partial charge in [-0.1, -0.05) is 42.8 Å². The van der Waals surface area contributed by atoms with Crippen LogP contribution in [0.25, 0.3) is 6.08 Å². The van der Waals surface area contributed by atoms with Gasteiger partial charge in [0.15, 0.2) is 0 Å². The molecule has 2 aliphatic rings. The largest absolute Gasteiger partial charge is 0.394 e. The lowest BCUT2D eigenvalue weighted by molar-refractivity contribution is -0.157. The maximum Gasteiger partial charge on any atom is 0.315 e. The Morgan fingerprint density at radius 1 is 1.21 bits per heavy atom. The number of carbonyl (C=O) groups excluding carboxylic acids is 2. The quantitative estimate of drug-likeness (QED) is 0.659. The van der Waals surface area contributed by atoms with Crippen molar-refractivity contribution in [3.05, 3.63) is 41.5 Å². The molecule has 29 heavy (non-hydrogen) atoms. The maximum atomic E-state index is 13.0. The molecule has 0 aromatic heterocycles. The number of allylic oxidation sites excluding steroid dienone is 1. The highest BCUT2D eigenvalue weighted by molar-refractivity contribution is 5.82. The molecule has 6 nitrogen and oxygen atoms in total. The van der Waals surface area contributed by atoms with Crippen molar-refractivity contribution in [3.63, 3.8) is 0 Å². The van der Waals surface area contributed by atoms with E-state index < -0.39 is 0 Å². The number of benzene rings is 1. The van der Waals surface area contributed by atoms with Crippen LogP contribution >= 0.6 is 0 Å². The van der Waals surface area contributed by atoms with E-state index in [2.05, 4.69) is 34.9 Å². The Kier molecular flexibility index (Phi) is 6.96. The first-order valence-corrected chi connectivity index (χ1v) is 10.7. The molecule has 1 saturated carbocycles. The molecule has 0 spiro atoms. The molecule has 1 heterocycles. The highest BCUT2D eigenvalue weighted by atomic mass is 16.3. The minimum atomic E-state index is -0.240. The summed E-state index contributed by atoms with van der Waals surface area (Å²) in [5, 5.41) is 15.8. The van der Waals surface area contributed by atoms with Gasteiger partial charge in [0.25, 0.3) is 0 Å². The fourth-order valence-electron chi connectivity index (χ4n) is 4.34. The summed E-state index contributed by atoms with van der Waals surface area (Å²) >= 11 is 0. The summed E-state index contributed by atoms with van der Waals surface area (Å²) in [6.07, 6.45) is 6.96. The highest BCUT2D eigenvalue weighted by Crippen LogP contribution is 2.43. The number of rotatable bonds is 7. The molecule has 158 valence electrons. The normalized spacial score (nSPS) is 24.3. The molecule has 3 amide bonds. The second-order valence-corrected chi connectivity index (χ2v) is 8.39. The Morgan fingerprint density at radius 2 is 1.90 bits per heavy atom. The minimum absolute atomic E-state index is 0.00281. The molecule has 0 unspecified atom stereocenters. The molecule has 0 radical (unpaired) electrons. The van der Waals surface area contributed by atoms with Gasteiger partial charge < -0.3 is 20.6 Å². The van der Waals surface area contributed by atoms with Crippen LogP contribution in [0.1, 0.15) is 57.1 Å². The summed E-state index contributed by atoms with van der Waals surface area (Å²) in [6, 6.07) is 7.66. The van der Waals surface area contributed by atoms with Crippen LogP contribution in [0.15, 0.2) is 30.3 Å².